The molecule has 178 valence electrons. The number of hydrogen-bond acceptors (Lipinski definition) is 6. The Morgan fingerprint density at radius 3 is 2.55 bits per heavy atom. The maximum Gasteiger partial charge on any atom is 0.410 e. The zero-order valence-electron chi connectivity index (χ0n) is 19.3. The van der Waals surface area contributed by atoms with Crippen LogP contribution in [-0.2, 0) is 14.3 Å². The van der Waals surface area contributed by atoms with Gasteiger partial charge in [0.2, 0.25) is 5.91 Å². The fourth-order valence-corrected chi connectivity index (χ4v) is 4.21. The van der Waals surface area contributed by atoms with E-state index in [2.05, 4.69) is 15.3 Å². The van der Waals surface area contributed by atoms with E-state index < -0.39 is 23.7 Å². The molecule has 1 aromatic heterocycles. The summed E-state index contributed by atoms with van der Waals surface area (Å²) in [5.74, 6) is -0.652. The van der Waals surface area contributed by atoms with E-state index in [0.29, 0.717) is 38.2 Å². The summed E-state index contributed by atoms with van der Waals surface area (Å²) < 4.78 is 10.9. The summed E-state index contributed by atoms with van der Waals surface area (Å²) in [6.45, 7) is 7.95. The molecule has 0 spiro atoms. The topological polar surface area (TPSA) is 117 Å². The van der Waals surface area contributed by atoms with Crippen molar-refractivity contribution < 1.29 is 23.9 Å². The fraction of sp³-hybridized carbons (Fsp3) is 0.565. The first kappa shape index (κ1) is 23.0. The second kappa shape index (κ2) is 9.38. The van der Waals surface area contributed by atoms with Gasteiger partial charge in [-0.2, -0.15) is 0 Å². The van der Waals surface area contributed by atoms with Gasteiger partial charge in [0.25, 0.3) is 5.91 Å². The van der Waals surface area contributed by atoms with Gasteiger partial charge in [0.1, 0.15) is 5.60 Å². The number of amides is 3. The third-order valence-corrected chi connectivity index (χ3v) is 5.71. The molecule has 4 rings (SSSR count). The van der Waals surface area contributed by atoms with E-state index in [1.165, 1.54) is 4.90 Å². The third kappa shape index (κ3) is 5.62. The Hall–Kier alpha value is -3.14. The van der Waals surface area contributed by atoms with Crippen LogP contribution in [0.5, 0.6) is 0 Å². The summed E-state index contributed by atoms with van der Waals surface area (Å²) in [6, 6.07) is 6.98. The Kier molecular flexibility index (Phi) is 6.55. The number of imidazole rings is 1. The number of para-hydroxylation sites is 2. The van der Waals surface area contributed by atoms with Gasteiger partial charge in [-0.05, 0) is 39.3 Å². The van der Waals surface area contributed by atoms with Crippen LogP contribution in [0.1, 0.15) is 37.8 Å². The number of rotatable bonds is 3. The highest BCUT2D eigenvalue weighted by molar-refractivity contribution is 5.94. The predicted molar refractivity (Wildman–Crippen MR) is 121 cm³/mol. The number of aromatic amines is 1. The van der Waals surface area contributed by atoms with Crippen LogP contribution in [0.3, 0.4) is 0 Å². The minimum atomic E-state index is -0.661. The number of H-pyrrole nitrogens is 1. The molecular weight excluding hydrogens is 426 g/mol. The lowest BCUT2D eigenvalue weighted by Crippen LogP contribution is -2.57. The highest BCUT2D eigenvalue weighted by atomic mass is 16.6. The van der Waals surface area contributed by atoms with E-state index in [-0.39, 0.29) is 30.7 Å². The van der Waals surface area contributed by atoms with Crippen molar-refractivity contribution in [3.05, 3.63) is 30.1 Å². The van der Waals surface area contributed by atoms with Crippen molar-refractivity contribution in [3.63, 3.8) is 0 Å². The number of hydrogen-bond donors (Lipinski definition) is 2. The number of piperidine rings is 1. The minimum absolute atomic E-state index is 0.0328. The molecule has 0 aliphatic carbocycles. The highest BCUT2D eigenvalue weighted by Crippen LogP contribution is 2.23. The first-order chi connectivity index (χ1) is 15.7. The van der Waals surface area contributed by atoms with Crippen LogP contribution in [0.15, 0.2) is 24.3 Å². The average Bonchev–Trinajstić information content (AvgIpc) is 3.22. The van der Waals surface area contributed by atoms with Gasteiger partial charge < -0.3 is 29.6 Å². The Morgan fingerprint density at radius 2 is 1.85 bits per heavy atom. The third-order valence-electron chi connectivity index (χ3n) is 5.71. The summed E-state index contributed by atoms with van der Waals surface area (Å²) in [7, 11) is 0. The van der Waals surface area contributed by atoms with Crippen molar-refractivity contribution in [2.75, 3.05) is 39.4 Å². The van der Waals surface area contributed by atoms with Crippen molar-refractivity contribution >= 4 is 28.9 Å². The van der Waals surface area contributed by atoms with E-state index in [0.717, 1.165) is 5.52 Å². The number of ether oxygens (including phenoxy) is 2. The van der Waals surface area contributed by atoms with E-state index in [9.17, 15) is 14.4 Å². The Labute approximate surface area is 192 Å². The molecule has 3 heterocycles. The van der Waals surface area contributed by atoms with Crippen LogP contribution in [0.4, 0.5) is 4.79 Å². The van der Waals surface area contributed by atoms with Crippen molar-refractivity contribution in [2.45, 2.75) is 38.8 Å². The number of carbonyl (C=O) groups excluding carboxylic acids is 3. The minimum Gasteiger partial charge on any atom is -0.444 e. The summed E-state index contributed by atoms with van der Waals surface area (Å²) in [5, 5.41) is 2.95. The second-order valence-corrected chi connectivity index (χ2v) is 9.53. The molecule has 2 saturated heterocycles. The molecule has 10 nitrogen and oxygen atoms in total. The van der Waals surface area contributed by atoms with E-state index >= 15 is 0 Å². The molecule has 2 aromatic rings. The first-order valence-corrected chi connectivity index (χ1v) is 11.3. The van der Waals surface area contributed by atoms with Gasteiger partial charge in [0, 0.05) is 32.2 Å². The first-order valence-electron chi connectivity index (χ1n) is 11.3. The maximum atomic E-state index is 13.2. The summed E-state index contributed by atoms with van der Waals surface area (Å²) in [4.78, 5) is 49.6. The monoisotopic (exact) mass is 457 g/mol. The van der Waals surface area contributed by atoms with Crippen molar-refractivity contribution in [3.8, 4) is 0 Å². The molecule has 2 atom stereocenters. The Bertz CT molecular complexity index is 991. The number of nitrogens with one attached hydrogen (secondary N) is 2. The Balaban J connectivity index is 1.50. The summed E-state index contributed by atoms with van der Waals surface area (Å²) in [5.41, 5.74) is 0.801. The normalized spacial score (nSPS) is 21.7. The molecule has 33 heavy (non-hydrogen) atoms. The van der Waals surface area contributed by atoms with Crippen molar-refractivity contribution in [1.82, 2.24) is 25.1 Å². The molecular formula is C23H31N5O5. The molecule has 10 heteroatoms. The van der Waals surface area contributed by atoms with Crippen LogP contribution in [0.2, 0.25) is 0 Å². The summed E-state index contributed by atoms with van der Waals surface area (Å²) in [6.07, 6.45) is -0.0634. The van der Waals surface area contributed by atoms with Gasteiger partial charge in [-0.15, -0.1) is 0 Å². The molecule has 0 saturated carbocycles. The number of aromatic nitrogens is 2. The quantitative estimate of drug-likeness (QED) is 0.726. The second-order valence-electron chi connectivity index (χ2n) is 9.53. The zero-order valence-corrected chi connectivity index (χ0v) is 19.3. The number of likely N-dealkylation sites (tertiary alicyclic amines) is 1. The van der Waals surface area contributed by atoms with E-state index in [1.54, 1.807) is 25.7 Å². The van der Waals surface area contributed by atoms with Gasteiger partial charge >= 0.3 is 6.09 Å². The van der Waals surface area contributed by atoms with Gasteiger partial charge in [-0.1, -0.05) is 12.1 Å². The zero-order chi connectivity index (χ0) is 23.6. The van der Waals surface area contributed by atoms with Gasteiger partial charge in [-0.3, -0.25) is 9.59 Å². The lowest BCUT2D eigenvalue weighted by molar-refractivity contribution is -0.141. The highest BCUT2D eigenvalue weighted by Gasteiger charge is 2.38. The van der Waals surface area contributed by atoms with Gasteiger partial charge in [-0.25, -0.2) is 9.78 Å². The Morgan fingerprint density at radius 1 is 1.12 bits per heavy atom. The molecule has 3 amide bonds. The van der Waals surface area contributed by atoms with Gasteiger partial charge in [0.05, 0.1) is 30.2 Å². The average molecular weight is 458 g/mol. The van der Waals surface area contributed by atoms with Gasteiger partial charge in [0.15, 0.2) is 5.82 Å². The molecule has 0 unspecified atom stereocenters. The van der Waals surface area contributed by atoms with Crippen LogP contribution >= 0.6 is 0 Å². The van der Waals surface area contributed by atoms with Crippen LogP contribution < -0.4 is 5.32 Å². The van der Waals surface area contributed by atoms with Crippen LogP contribution in [0.25, 0.3) is 11.0 Å². The molecule has 2 aliphatic heterocycles. The molecule has 2 fully saturated rings. The number of nitrogens with zero attached hydrogens (tertiary/aromatic N) is 3. The molecule has 2 N–H and O–H groups in total. The van der Waals surface area contributed by atoms with Crippen LogP contribution in [0, 0.1) is 5.92 Å². The molecule has 0 bridgehead atoms. The largest absolute Gasteiger partial charge is 0.444 e. The van der Waals surface area contributed by atoms with Crippen molar-refractivity contribution in [1.29, 1.82) is 0 Å². The number of benzene rings is 1. The predicted octanol–water partition coefficient (Wildman–Crippen LogP) is 1.78. The van der Waals surface area contributed by atoms with Crippen LogP contribution in [-0.4, -0.2) is 88.7 Å². The lowest BCUT2D eigenvalue weighted by Gasteiger charge is -2.40. The number of carbonyl (C=O) groups is 3. The molecule has 2 aliphatic rings. The lowest BCUT2D eigenvalue weighted by atomic mass is 9.92. The number of morpholine rings is 1. The number of fused-ring (bicyclic) bond motifs is 1. The molecule has 1 aromatic carbocycles. The standard InChI is InChI=1S/C23H31N5O5/c1-23(2,3)33-22(31)28-13-15(21(30)27-8-10-32-11-9-27)12-16(14-28)24-20(29)19-25-17-6-4-5-7-18(17)26-19/h4-7,15-16H,8-14H2,1-3H3,(H,24,29)(H,25,26)/t15-,16+/m1/s1. The van der Waals surface area contributed by atoms with E-state index in [1.807, 2.05) is 24.3 Å². The fourth-order valence-electron chi connectivity index (χ4n) is 4.21. The van der Waals surface area contributed by atoms with Crippen molar-refractivity contribution in [2.24, 2.45) is 5.92 Å². The van der Waals surface area contributed by atoms with E-state index in [4.69, 9.17) is 9.47 Å². The SMILES string of the molecule is CC(C)(C)OC(=O)N1C[C@@H](NC(=O)c2nc3ccccc3[nH]2)C[C@@H](C(=O)N2CCOCC2)C1. The molecule has 0 radical (unpaired) electrons. The summed E-state index contributed by atoms with van der Waals surface area (Å²) >= 11 is 0. The smallest absolute Gasteiger partial charge is 0.410 e. The maximum absolute atomic E-state index is 13.2.